The zero-order valence-electron chi connectivity index (χ0n) is 9.48. The minimum Gasteiger partial charge on any atom is -0.379 e. The Morgan fingerprint density at radius 1 is 1.18 bits per heavy atom. The molecule has 0 aliphatic heterocycles. The zero-order chi connectivity index (χ0) is 12.1. The van der Waals surface area contributed by atoms with Crippen molar-refractivity contribution in [2.45, 2.75) is 11.4 Å². The molecule has 0 unspecified atom stereocenters. The molecular weight excluding hydrogens is 296 g/mol. The smallest absolute Gasteiger partial charge is 0.106 e. The van der Waals surface area contributed by atoms with E-state index in [1.54, 1.807) is 11.8 Å². The van der Waals surface area contributed by atoms with Crippen molar-refractivity contribution >= 4 is 33.4 Å². The van der Waals surface area contributed by atoms with Crippen LogP contribution in [0.4, 0.5) is 5.69 Å². The fourth-order valence-corrected chi connectivity index (χ4v) is 2.24. The van der Waals surface area contributed by atoms with Crippen LogP contribution in [0.3, 0.4) is 0 Å². The maximum absolute atomic E-state index is 4.37. The van der Waals surface area contributed by atoms with Gasteiger partial charge in [0.05, 0.1) is 12.2 Å². The summed E-state index contributed by atoms with van der Waals surface area (Å²) in [5.74, 6) is 0. The maximum Gasteiger partial charge on any atom is 0.106 e. The van der Waals surface area contributed by atoms with E-state index in [1.807, 2.05) is 18.2 Å². The molecule has 0 spiro atoms. The Morgan fingerprint density at radius 2 is 1.94 bits per heavy atom. The van der Waals surface area contributed by atoms with Gasteiger partial charge in [-0.1, -0.05) is 6.07 Å². The number of benzene rings is 1. The van der Waals surface area contributed by atoms with Crippen LogP contribution in [-0.2, 0) is 6.54 Å². The molecule has 2 aromatic rings. The van der Waals surface area contributed by atoms with Crippen LogP contribution < -0.4 is 5.32 Å². The van der Waals surface area contributed by atoms with Crippen molar-refractivity contribution in [3.8, 4) is 0 Å². The lowest BCUT2D eigenvalue weighted by Gasteiger charge is -2.06. The SMILES string of the molecule is CSc1ccc(NCc2cccc(Br)n2)cc1. The molecule has 88 valence electrons. The molecule has 1 aromatic heterocycles. The van der Waals surface area contributed by atoms with Crippen LogP contribution in [-0.4, -0.2) is 11.2 Å². The number of nitrogens with one attached hydrogen (secondary N) is 1. The standard InChI is InChI=1S/C13H13BrN2S/c1-17-12-7-5-10(6-8-12)15-9-11-3-2-4-13(14)16-11/h2-8,15H,9H2,1H3. The first-order valence-corrected chi connectivity index (χ1v) is 7.29. The van der Waals surface area contributed by atoms with Crippen molar-refractivity contribution in [2.24, 2.45) is 0 Å². The van der Waals surface area contributed by atoms with Gasteiger partial charge in [-0.15, -0.1) is 11.8 Å². The van der Waals surface area contributed by atoms with Crippen LogP contribution in [0.2, 0.25) is 0 Å². The molecule has 2 nitrogen and oxygen atoms in total. The zero-order valence-corrected chi connectivity index (χ0v) is 11.9. The normalized spacial score (nSPS) is 10.2. The van der Waals surface area contributed by atoms with Crippen LogP contribution >= 0.6 is 27.7 Å². The number of aromatic nitrogens is 1. The third kappa shape index (κ3) is 3.75. The molecule has 0 bridgehead atoms. The summed E-state index contributed by atoms with van der Waals surface area (Å²) < 4.78 is 0.870. The molecule has 0 amide bonds. The van der Waals surface area contributed by atoms with Crippen molar-refractivity contribution < 1.29 is 0 Å². The van der Waals surface area contributed by atoms with Crippen molar-refractivity contribution in [1.82, 2.24) is 4.98 Å². The highest BCUT2D eigenvalue weighted by Crippen LogP contribution is 2.18. The lowest BCUT2D eigenvalue weighted by molar-refractivity contribution is 1.03. The topological polar surface area (TPSA) is 24.9 Å². The first-order chi connectivity index (χ1) is 8.28. The molecule has 1 N–H and O–H groups in total. The Labute approximate surface area is 114 Å². The monoisotopic (exact) mass is 308 g/mol. The predicted molar refractivity (Wildman–Crippen MR) is 77.5 cm³/mol. The van der Waals surface area contributed by atoms with Gasteiger partial charge in [-0.3, -0.25) is 0 Å². The van der Waals surface area contributed by atoms with E-state index in [-0.39, 0.29) is 0 Å². The van der Waals surface area contributed by atoms with Gasteiger partial charge in [-0.2, -0.15) is 0 Å². The summed E-state index contributed by atoms with van der Waals surface area (Å²) in [7, 11) is 0. The van der Waals surface area contributed by atoms with Crippen LogP contribution in [0, 0.1) is 0 Å². The second kappa shape index (κ2) is 6.07. The first kappa shape index (κ1) is 12.5. The lowest BCUT2D eigenvalue weighted by Crippen LogP contribution is -2.01. The molecule has 0 radical (unpaired) electrons. The Bertz CT molecular complexity index is 485. The number of anilines is 1. The number of nitrogens with zero attached hydrogens (tertiary/aromatic N) is 1. The highest BCUT2D eigenvalue weighted by Gasteiger charge is 1.96. The quantitative estimate of drug-likeness (QED) is 0.677. The van der Waals surface area contributed by atoms with Gasteiger partial charge in [-0.05, 0) is 58.6 Å². The summed E-state index contributed by atoms with van der Waals surface area (Å²) in [6.45, 7) is 0.734. The van der Waals surface area contributed by atoms with Gasteiger partial charge in [0.1, 0.15) is 4.60 Å². The fourth-order valence-electron chi connectivity index (χ4n) is 1.45. The number of halogens is 1. The van der Waals surface area contributed by atoms with E-state index in [0.29, 0.717) is 0 Å². The van der Waals surface area contributed by atoms with Gasteiger partial charge in [0, 0.05) is 10.6 Å². The highest BCUT2D eigenvalue weighted by atomic mass is 79.9. The van der Waals surface area contributed by atoms with Gasteiger partial charge in [-0.25, -0.2) is 4.98 Å². The number of pyridine rings is 1. The summed E-state index contributed by atoms with van der Waals surface area (Å²) in [5, 5.41) is 3.35. The predicted octanol–water partition coefficient (Wildman–Crippen LogP) is 4.18. The molecule has 0 fully saturated rings. The Balaban J connectivity index is 1.97. The third-order valence-corrected chi connectivity index (χ3v) is 3.52. The van der Waals surface area contributed by atoms with E-state index in [4.69, 9.17) is 0 Å². The molecular formula is C13H13BrN2S. The van der Waals surface area contributed by atoms with Crippen molar-refractivity contribution in [2.75, 3.05) is 11.6 Å². The second-order valence-corrected chi connectivity index (χ2v) is 5.23. The molecule has 4 heteroatoms. The molecule has 0 atom stereocenters. The average molecular weight is 309 g/mol. The molecule has 17 heavy (non-hydrogen) atoms. The van der Waals surface area contributed by atoms with Crippen LogP contribution in [0.15, 0.2) is 52.0 Å². The minimum atomic E-state index is 0.734. The van der Waals surface area contributed by atoms with Crippen molar-refractivity contribution in [3.05, 3.63) is 52.8 Å². The molecule has 0 aliphatic rings. The summed E-state index contributed by atoms with van der Waals surface area (Å²) in [4.78, 5) is 5.65. The van der Waals surface area contributed by atoms with Gasteiger partial charge in [0.2, 0.25) is 0 Å². The van der Waals surface area contributed by atoms with E-state index < -0.39 is 0 Å². The van der Waals surface area contributed by atoms with Gasteiger partial charge in [0.15, 0.2) is 0 Å². The summed E-state index contributed by atoms with van der Waals surface area (Å²) in [6, 6.07) is 14.3. The first-order valence-electron chi connectivity index (χ1n) is 5.27. The van der Waals surface area contributed by atoms with Crippen LogP contribution in [0.5, 0.6) is 0 Å². The van der Waals surface area contributed by atoms with Crippen LogP contribution in [0.25, 0.3) is 0 Å². The molecule has 0 saturated heterocycles. The van der Waals surface area contributed by atoms with Gasteiger partial charge < -0.3 is 5.32 Å². The summed E-state index contributed by atoms with van der Waals surface area (Å²) in [5.41, 5.74) is 2.14. The van der Waals surface area contributed by atoms with E-state index >= 15 is 0 Å². The second-order valence-electron chi connectivity index (χ2n) is 3.53. The highest BCUT2D eigenvalue weighted by molar-refractivity contribution is 9.10. The van der Waals surface area contributed by atoms with Crippen LogP contribution in [0.1, 0.15) is 5.69 Å². The largest absolute Gasteiger partial charge is 0.379 e. The number of hydrogen-bond acceptors (Lipinski definition) is 3. The summed E-state index contributed by atoms with van der Waals surface area (Å²) in [6.07, 6.45) is 2.08. The van der Waals surface area contributed by atoms with Gasteiger partial charge in [0.25, 0.3) is 0 Å². The van der Waals surface area contributed by atoms with Crippen molar-refractivity contribution in [1.29, 1.82) is 0 Å². The Morgan fingerprint density at radius 3 is 2.59 bits per heavy atom. The Hall–Kier alpha value is -1.00. The van der Waals surface area contributed by atoms with E-state index in [2.05, 4.69) is 56.8 Å². The maximum atomic E-state index is 4.37. The molecule has 1 aromatic carbocycles. The van der Waals surface area contributed by atoms with Crippen molar-refractivity contribution in [3.63, 3.8) is 0 Å². The number of thioether (sulfide) groups is 1. The molecule has 0 saturated carbocycles. The van der Waals surface area contributed by atoms with Gasteiger partial charge >= 0.3 is 0 Å². The summed E-state index contributed by atoms with van der Waals surface area (Å²) >= 11 is 5.11. The molecule has 1 heterocycles. The fraction of sp³-hybridized carbons (Fsp3) is 0.154. The van der Waals surface area contributed by atoms with E-state index in [1.165, 1.54) is 4.90 Å². The molecule has 0 aliphatic carbocycles. The van der Waals surface area contributed by atoms with E-state index in [0.717, 1.165) is 22.5 Å². The average Bonchev–Trinajstić information content (AvgIpc) is 2.37. The number of hydrogen-bond donors (Lipinski definition) is 1. The van der Waals surface area contributed by atoms with E-state index in [9.17, 15) is 0 Å². The lowest BCUT2D eigenvalue weighted by atomic mass is 10.3. The number of rotatable bonds is 4. The molecule has 2 rings (SSSR count). The minimum absolute atomic E-state index is 0.734. The Kier molecular flexibility index (Phi) is 4.45. The third-order valence-electron chi connectivity index (χ3n) is 2.34.